The molecular weight excluding hydrogens is 583 g/mol. The molecule has 3 aliphatic heterocycles. The van der Waals surface area contributed by atoms with E-state index in [4.69, 9.17) is 11.6 Å². The number of carbonyl (C=O) groups excluding carboxylic acids is 2. The minimum absolute atomic E-state index is 0.0523. The van der Waals surface area contributed by atoms with E-state index in [1.807, 2.05) is 12.1 Å². The lowest BCUT2D eigenvalue weighted by Gasteiger charge is -2.40. The highest BCUT2D eigenvalue weighted by Crippen LogP contribution is 2.41. The second-order valence-corrected chi connectivity index (χ2v) is 12.5. The highest BCUT2D eigenvalue weighted by atomic mass is 35.5. The molecule has 234 valence electrons. The Kier molecular flexibility index (Phi) is 9.58. The molecule has 0 bridgehead atoms. The summed E-state index contributed by atoms with van der Waals surface area (Å²) in [5.41, 5.74) is -2.62. The molecule has 3 heterocycles. The average molecular weight is 622 g/mol. The third kappa shape index (κ3) is 6.51. The number of likely N-dealkylation sites (tertiary alicyclic amines) is 2. The topological polar surface area (TPSA) is 84.3 Å². The minimum Gasteiger partial charge on any atom is -0.394 e. The van der Waals surface area contributed by atoms with E-state index in [9.17, 15) is 33.0 Å². The lowest BCUT2D eigenvalue weighted by atomic mass is 9.82. The number of piperidine rings is 2. The number of halogens is 4. The predicted octanol–water partition coefficient (Wildman–Crippen LogP) is 5.23. The van der Waals surface area contributed by atoms with Crippen LogP contribution >= 0.6 is 11.6 Å². The van der Waals surface area contributed by atoms with Crippen LogP contribution in [0, 0.1) is 11.8 Å². The number of rotatable bonds is 7. The van der Waals surface area contributed by atoms with Crippen molar-refractivity contribution in [3.63, 3.8) is 0 Å². The Labute approximate surface area is 255 Å². The maximum absolute atomic E-state index is 14.0. The largest absolute Gasteiger partial charge is 0.430 e. The van der Waals surface area contributed by atoms with Gasteiger partial charge in [0.15, 0.2) is 0 Å². The summed E-state index contributed by atoms with van der Waals surface area (Å²) >= 11 is 6.55. The summed E-state index contributed by atoms with van der Waals surface area (Å²) in [6, 6.07) is 11.9. The van der Waals surface area contributed by atoms with Crippen LogP contribution in [0.3, 0.4) is 0 Å². The lowest BCUT2D eigenvalue weighted by Crippen LogP contribution is -2.57. The first-order valence-electron chi connectivity index (χ1n) is 15.1. The Balaban J connectivity index is 1.12. The highest BCUT2D eigenvalue weighted by Gasteiger charge is 2.62. The average Bonchev–Trinajstić information content (AvgIpc) is 3.50. The van der Waals surface area contributed by atoms with Gasteiger partial charge in [-0.1, -0.05) is 41.9 Å². The predicted molar refractivity (Wildman–Crippen MR) is 158 cm³/mol. The molecule has 3 fully saturated rings. The molecule has 43 heavy (non-hydrogen) atoms. The number of hydrogen-bond acceptors (Lipinski definition) is 5. The molecule has 7 nitrogen and oxygen atoms in total. The number of aliphatic hydroxyl groups is 2. The molecule has 3 aliphatic rings. The van der Waals surface area contributed by atoms with Gasteiger partial charge < -0.3 is 24.9 Å². The third-order valence-corrected chi connectivity index (χ3v) is 9.80. The Morgan fingerprint density at radius 3 is 2.09 bits per heavy atom. The number of nitrogens with zero attached hydrogens (tertiary/aromatic N) is 3. The summed E-state index contributed by atoms with van der Waals surface area (Å²) < 4.78 is 41.9. The van der Waals surface area contributed by atoms with E-state index in [0.717, 1.165) is 67.9 Å². The zero-order valence-corrected chi connectivity index (χ0v) is 24.9. The molecule has 0 radical (unpaired) electrons. The van der Waals surface area contributed by atoms with E-state index >= 15 is 0 Å². The van der Waals surface area contributed by atoms with Gasteiger partial charge in [0.25, 0.3) is 17.4 Å². The van der Waals surface area contributed by atoms with Crippen LogP contribution < -0.4 is 4.90 Å². The number of alkyl halides is 3. The second-order valence-electron chi connectivity index (χ2n) is 12.1. The fourth-order valence-corrected chi connectivity index (χ4v) is 7.16. The zero-order chi connectivity index (χ0) is 30.8. The molecule has 5 rings (SSSR count). The summed E-state index contributed by atoms with van der Waals surface area (Å²) in [7, 11) is 0. The summed E-state index contributed by atoms with van der Waals surface area (Å²) in [6.45, 7) is 2.61. The van der Waals surface area contributed by atoms with Crippen molar-refractivity contribution in [2.45, 2.75) is 62.8 Å². The van der Waals surface area contributed by atoms with Crippen LogP contribution in [0.1, 0.15) is 60.9 Å². The van der Waals surface area contributed by atoms with Crippen LogP contribution in [0.5, 0.6) is 0 Å². The Morgan fingerprint density at radius 1 is 0.884 bits per heavy atom. The van der Waals surface area contributed by atoms with Crippen molar-refractivity contribution in [3.05, 3.63) is 64.7 Å². The maximum atomic E-state index is 14.0. The van der Waals surface area contributed by atoms with Gasteiger partial charge >= 0.3 is 6.18 Å². The highest BCUT2D eigenvalue weighted by molar-refractivity contribution is 6.34. The van der Waals surface area contributed by atoms with Crippen LogP contribution in [-0.4, -0.2) is 83.4 Å². The van der Waals surface area contributed by atoms with Gasteiger partial charge in [0.1, 0.15) is 0 Å². The number of hydrogen-bond donors (Lipinski definition) is 2. The van der Waals surface area contributed by atoms with Crippen molar-refractivity contribution in [3.8, 4) is 0 Å². The van der Waals surface area contributed by atoms with Crippen LogP contribution in [0.25, 0.3) is 0 Å². The second kappa shape index (κ2) is 13.0. The first-order chi connectivity index (χ1) is 20.5. The van der Waals surface area contributed by atoms with Crippen molar-refractivity contribution in [1.82, 2.24) is 9.80 Å². The number of amides is 2. The van der Waals surface area contributed by atoms with E-state index < -0.39 is 23.2 Å². The van der Waals surface area contributed by atoms with Gasteiger partial charge in [0.2, 0.25) is 0 Å². The summed E-state index contributed by atoms with van der Waals surface area (Å²) in [4.78, 5) is 31.1. The SMILES string of the molecule is O=C(c1ccc(N2CCC(CC3CCN(C(=O)[C@](O)(c4ccccc4)C(F)(F)F)CC3)CC2)cc1Cl)N1CCC[C@H]1CO. The normalized spacial score (nSPS) is 22.1. The monoisotopic (exact) mass is 621 g/mol. The van der Waals surface area contributed by atoms with Gasteiger partial charge in [-0.25, -0.2) is 0 Å². The summed E-state index contributed by atoms with van der Waals surface area (Å²) in [5, 5.41) is 20.6. The van der Waals surface area contributed by atoms with E-state index in [0.29, 0.717) is 41.8 Å². The van der Waals surface area contributed by atoms with E-state index in [-0.39, 0.29) is 31.6 Å². The lowest BCUT2D eigenvalue weighted by molar-refractivity contribution is -0.262. The van der Waals surface area contributed by atoms with Crippen molar-refractivity contribution in [1.29, 1.82) is 0 Å². The standard InChI is InChI=1S/C32H39ClF3N3O4/c33-28-20-25(8-9-27(28)29(41)39-14-4-7-26(39)21-40)37-15-10-22(11-16-37)19-23-12-17-38(18-13-23)30(42)31(43,32(34,35)36)24-5-2-1-3-6-24/h1-3,5-6,8-9,20,22-23,26,40,43H,4,7,10-19,21H2/t26-,31+/m0/s1. The molecule has 2 aromatic rings. The number of anilines is 1. The van der Waals surface area contributed by atoms with Gasteiger partial charge in [-0.05, 0) is 75.0 Å². The third-order valence-electron chi connectivity index (χ3n) is 9.49. The smallest absolute Gasteiger partial charge is 0.394 e. The summed E-state index contributed by atoms with van der Waals surface area (Å²) in [5.74, 6) is -0.674. The van der Waals surface area contributed by atoms with Gasteiger partial charge in [0.05, 0.1) is 23.2 Å². The Bertz CT molecular complexity index is 1280. The first kappa shape index (κ1) is 31.6. The number of carbonyl (C=O) groups is 2. The Morgan fingerprint density at radius 2 is 1.51 bits per heavy atom. The molecule has 2 N–H and O–H groups in total. The molecule has 0 unspecified atom stereocenters. The quantitative estimate of drug-likeness (QED) is 0.442. The fourth-order valence-electron chi connectivity index (χ4n) is 6.91. The molecule has 0 aromatic heterocycles. The molecular formula is C32H39ClF3N3O4. The van der Waals surface area contributed by atoms with E-state index in [1.165, 1.54) is 12.1 Å². The molecule has 3 saturated heterocycles. The van der Waals surface area contributed by atoms with Crippen molar-refractivity contribution < 1.29 is 33.0 Å². The molecule has 2 atom stereocenters. The maximum Gasteiger partial charge on any atom is 0.430 e. The molecule has 11 heteroatoms. The molecule has 0 spiro atoms. The molecule has 2 aromatic carbocycles. The zero-order valence-electron chi connectivity index (χ0n) is 24.1. The van der Waals surface area contributed by atoms with Crippen LogP contribution in [0.15, 0.2) is 48.5 Å². The van der Waals surface area contributed by atoms with Crippen molar-refractivity contribution >= 4 is 29.1 Å². The molecule has 0 saturated carbocycles. The first-order valence-corrected chi connectivity index (χ1v) is 15.5. The van der Waals surface area contributed by atoms with Gasteiger partial charge in [-0.3, -0.25) is 9.59 Å². The van der Waals surface area contributed by atoms with Crippen LogP contribution in [0.4, 0.5) is 18.9 Å². The van der Waals surface area contributed by atoms with E-state index in [1.54, 1.807) is 17.0 Å². The molecule has 2 amide bonds. The van der Waals surface area contributed by atoms with Gasteiger partial charge in [0, 0.05) is 44.0 Å². The van der Waals surface area contributed by atoms with Crippen LogP contribution in [-0.2, 0) is 10.4 Å². The van der Waals surface area contributed by atoms with Crippen LogP contribution in [0.2, 0.25) is 5.02 Å². The Hall–Kier alpha value is -2.82. The fraction of sp³-hybridized carbons (Fsp3) is 0.562. The van der Waals surface area contributed by atoms with Gasteiger partial charge in [-0.2, -0.15) is 13.2 Å². The molecule has 0 aliphatic carbocycles. The van der Waals surface area contributed by atoms with E-state index in [2.05, 4.69) is 4.90 Å². The number of benzene rings is 2. The van der Waals surface area contributed by atoms with Crippen molar-refractivity contribution in [2.75, 3.05) is 44.2 Å². The number of aliphatic hydroxyl groups excluding tert-OH is 1. The van der Waals surface area contributed by atoms with Gasteiger partial charge in [-0.15, -0.1) is 0 Å². The summed E-state index contributed by atoms with van der Waals surface area (Å²) in [6.07, 6.45) is 0.619. The van der Waals surface area contributed by atoms with Crippen molar-refractivity contribution in [2.24, 2.45) is 11.8 Å². The minimum atomic E-state index is -5.13.